The fraction of sp³-hybridized carbons (Fsp3) is 0.400. The van der Waals surface area contributed by atoms with Crippen LogP contribution >= 0.6 is 0 Å². The van der Waals surface area contributed by atoms with E-state index in [0.29, 0.717) is 29.7 Å². The molecule has 10 heteroatoms. The van der Waals surface area contributed by atoms with Crippen LogP contribution in [0.4, 0.5) is 4.79 Å². The van der Waals surface area contributed by atoms with Crippen LogP contribution < -0.4 is 5.32 Å². The molecule has 1 spiro atoms. The largest absolute Gasteiger partial charge is 0.465 e. The average Bonchev–Trinajstić information content (AvgIpc) is 3.50. The number of hydrogen-bond donors (Lipinski definition) is 1. The van der Waals surface area contributed by atoms with Crippen molar-refractivity contribution in [2.75, 3.05) is 20.3 Å². The van der Waals surface area contributed by atoms with Crippen molar-refractivity contribution >= 4 is 29.7 Å². The molecule has 0 radical (unpaired) electrons. The zero-order valence-corrected chi connectivity index (χ0v) is 19.9. The summed E-state index contributed by atoms with van der Waals surface area (Å²) in [5, 5.41) is 2.70. The molecule has 2 aliphatic rings. The van der Waals surface area contributed by atoms with Gasteiger partial charge in [0, 0.05) is 22.6 Å². The Morgan fingerprint density at radius 2 is 1.71 bits per heavy atom. The molecule has 2 aromatic rings. The number of nitrogens with one attached hydrogen (secondary N) is 1. The van der Waals surface area contributed by atoms with Crippen molar-refractivity contribution in [3.63, 3.8) is 0 Å². The molecule has 184 valence electrons. The van der Waals surface area contributed by atoms with Crippen molar-refractivity contribution in [1.29, 1.82) is 0 Å². The lowest BCUT2D eigenvalue weighted by Gasteiger charge is -2.19. The number of aryl methyl sites for hydroxylation is 1. The molecule has 2 heterocycles. The normalized spacial score (nSPS) is 16.5. The first kappa shape index (κ1) is 24.2. The first-order valence-electron chi connectivity index (χ1n) is 11.4. The molecule has 0 atom stereocenters. The number of carbonyl (C=O) groups is 5. The molecule has 4 rings (SSSR count). The van der Waals surface area contributed by atoms with Gasteiger partial charge in [-0.05, 0) is 57.0 Å². The Morgan fingerprint density at radius 1 is 1.06 bits per heavy atom. The minimum absolute atomic E-state index is 0.382. The Bertz CT molecular complexity index is 1210. The lowest BCUT2D eigenvalue weighted by molar-refractivity contribution is -0.146. The standard InChI is InChI=1S/C25H27N3O7/c1-15-12-19(16(2)28(15)18-8-6-17(7-9-18)22(31)34-3)20(29)14-35-21(30)13-27-23(32)25(26-24(27)33)10-4-5-11-25/h6-9,12H,4-5,10-11,13-14H2,1-3H3,(H,26,33). The first-order chi connectivity index (χ1) is 16.7. The second-order valence-corrected chi connectivity index (χ2v) is 8.85. The summed E-state index contributed by atoms with van der Waals surface area (Å²) in [6.45, 7) is 2.55. The monoisotopic (exact) mass is 481 g/mol. The number of ketones is 1. The van der Waals surface area contributed by atoms with Gasteiger partial charge in [-0.15, -0.1) is 0 Å². The van der Waals surface area contributed by atoms with E-state index >= 15 is 0 Å². The molecule has 0 unspecified atom stereocenters. The van der Waals surface area contributed by atoms with Gasteiger partial charge in [0.15, 0.2) is 6.61 Å². The summed E-state index contributed by atoms with van der Waals surface area (Å²) in [5.74, 6) is -2.09. The highest BCUT2D eigenvalue weighted by molar-refractivity contribution is 6.09. The maximum atomic E-state index is 12.8. The molecule has 1 N–H and O–H groups in total. The van der Waals surface area contributed by atoms with Crippen LogP contribution in [0.3, 0.4) is 0 Å². The third-order valence-corrected chi connectivity index (χ3v) is 6.63. The van der Waals surface area contributed by atoms with Crippen molar-refractivity contribution in [2.24, 2.45) is 0 Å². The molecular weight excluding hydrogens is 454 g/mol. The van der Waals surface area contributed by atoms with Crippen LogP contribution in [0.25, 0.3) is 5.69 Å². The van der Waals surface area contributed by atoms with E-state index in [9.17, 15) is 24.0 Å². The van der Waals surface area contributed by atoms with E-state index in [4.69, 9.17) is 9.47 Å². The maximum absolute atomic E-state index is 12.8. The summed E-state index contributed by atoms with van der Waals surface area (Å²) in [4.78, 5) is 62.6. The maximum Gasteiger partial charge on any atom is 0.337 e. The van der Waals surface area contributed by atoms with Crippen LogP contribution in [0.5, 0.6) is 0 Å². The van der Waals surface area contributed by atoms with E-state index in [0.717, 1.165) is 29.1 Å². The summed E-state index contributed by atoms with van der Waals surface area (Å²) in [6, 6.07) is 7.85. The van der Waals surface area contributed by atoms with Gasteiger partial charge in [0.2, 0.25) is 5.78 Å². The molecular formula is C25H27N3O7. The number of amides is 3. The Kier molecular flexibility index (Phi) is 6.47. The van der Waals surface area contributed by atoms with Gasteiger partial charge in [-0.3, -0.25) is 19.3 Å². The number of ether oxygens (including phenoxy) is 2. The quantitative estimate of drug-likeness (QED) is 0.366. The second-order valence-electron chi connectivity index (χ2n) is 8.85. The molecule has 1 saturated carbocycles. The summed E-state index contributed by atoms with van der Waals surface area (Å²) in [5.41, 5.74) is 2.07. The number of aromatic nitrogens is 1. The summed E-state index contributed by atoms with van der Waals surface area (Å²) >= 11 is 0. The van der Waals surface area contributed by atoms with Gasteiger partial charge in [-0.1, -0.05) is 12.8 Å². The van der Waals surface area contributed by atoms with Gasteiger partial charge in [0.05, 0.1) is 12.7 Å². The highest BCUT2D eigenvalue weighted by Crippen LogP contribution is 2.35. The number of urea groups is 1. The smallest absolute Gasteiger partial charge is 0.337 e. The van der Waals surface area contributed by atoms with E-state index in [2.05, 4.69) is 5.32 Å². The summed E-state index contributed by atoms with van der Waals surface area (Å²) in [7, 11) is 1.31. The average molecular weight is 482 g/mol. The number of carbonyl (C=O) groups excluding carboxylic acids is 5. The molecule has 3 amide bonds. The zero-order chi connectivity index (χ0) is 25.3. The predicted molar refractivity (Wildman–Crippen MR) is 123 cm³/mol. The van der Waals surface area contributed by atoms with Crippen LogP contribution in [0.15, 0.2) is 30.3 Å². The Balaban J connectivity index is 1.40. The summed E-state index contributed by atoms with van der Waals surface area (Å²) < 4.78 is 11.7. The molecule has 1 aliphatic heterocycles. The minimum atomic E-state index is -0.903. The molecule has 0 bridgehead atoms. The third-order valence-electron chi connectivity index (χ3n) is 6.63. The Labute approximate surface area is 202 Å². The number of hydrogen-bond acceptors (Lipinski definition) is 7. The van der Waals surface area contributed by atoms with Crippen LogP contribution in [-0.2, 0) is 19.1 Å². The molecule has 1 aliphatic carbocycles. The van der Waals surface area contributed by atoms with Crippen molar-refractivity contribution in [3.8, 4) is 5.69 Å². The van der Waals surface area contributed by atoms with Gasteiger partial charge in [0.1, 0.15) is 12.1 Å². The van der Waals surface area contributed by atoms with Gasteiger partial charge >= 0.3 is 18.0 Å². The fourth-order valence-corrected chi connectivity index (χ4v) is 4.84. The molecule has 10 nitrogen and oxygen atoms in total. The number of nitrogens with zero attached hydrogens (tertiary/aromatic N) is 2. The van der Waals surface area contributed by atoms with E-state index in [1.807, 2.05) is 11.5 Å². The number of esters is 2. The van der Waals surface area contributed by atoms with Crippen molar-refractivity contribution in [2.45, 2.75) is 45.1 Å². The molecule has 1 saturated heterocycles. The molecule has 35 heavy (non-hydrogen) atoms. The SMILES string of the molecule is COC(=O)c1ccc(-n2c(C)cc(C(=O)COC(=O)CN3C(=O)NC4(CCCC4)C3=O)c2C)cc1. The molecule has 1 aromatic heterocycles. The molecule has 2 fully saturated rings. The highest BCUT2D eigenvalue weighted by atomic mass is 16.5. The van der Waals surface area contributed by atoms with Crippen molar-refractivity contribution in [1.82, 2.24) is 14.8 Å². The van der Waals surface area contributed by atoms with E-state index in [1.54, 1.807) is 37.3 Å². The molecule has 1 aromatic carbocycles. The summed E-state index contributed by atoms with van der Waals surface area (Å²) in [6.07, 6.45) is 2.80. The third kappa shape index (κ3) is 4.43. The zero-order valence-electron chi connectivity index (χ0n) is 19.9. The van der Waals surface area contributed by atoms with Gasteiger partial charge < -0.3 is 19.4 Å². The number of methoxy groups -OCH3 is 1. The van der Waals surface area contributed by atoms with Gasteiger partial charge in [-0.25, -0.2) is 9.59 Å². The van der Waals surface area contributed by atoms with Gasteiger partial charge in [-0.2, -0.15) is 0 Å². The first-order valence-corrected chi connectivity index (χ1v) is 11.4. The number of imide groups is 1. The van der Waals surface area contributed by atoms with Crippen molar-refractivity contribution < 1.29 is 33.4 Å². The number of benzene rings is 1. The number of Topliss-reactive ketones (excluding diaryl/α,β-unsaturated/α-hetero) is 1. The lowest BCUT2D eigenvalue weighted by Crippen LogP contribution is -2.44. The topological polar surface area (TPSA) is 124 Å². The Morgan fingerprint density at radius 3 is 2.34 bits per heavy atom. The van der Waals surface area contributed by atoms with Crippen LogP contribution in [0.2, 0.25) is 0 Å². The van der Waals surface area contributed by atoms with E-state index < -0.39 is 48.4 Å². The van der Waals surface area contributed by atoms with E-state index in [1.165, 1.54) is 7.11 Å². The highest BCUT2D eigenvalue weighted by Gasteiger charge is 2.52. The number of rotatable bonds is 7. The van der Waals surface area contributed by atoms with Crippen LogP contribution in [0.1, 0.15) is 57.8 Å². The second kappa shape index (κ2) is 9.36. The Hall–Kier alpha value is -3.95. The van der Waals surface area contributed by atoms with Crippen LogP contribution in [0, 0.1) is 13.8 Å². The van der Waals surface area contributed by atoms with Crippen LogP contribution in [-0.4, -0.2) is 64.9 Å². The minimum Gasteiger partial charge on any atom is -0.465 e. The van der Waals surface area contributed by atoms with Gasteiger partial charge in [0.25, 0.3) is 5.91 Å². The predicted octanol–water partition coefficient (Wildman–Crippen LogP) is 2.47. The lowest BCUT2D eigenvalue weighted by atomic mass is 9.98. The van der Waals surface area contributed by atoms with Crippen molar-refractivity contribution in [3.05, 3.63) is 52.8 Å². The fourth-order valence-electron chi connectivity index (χ4n) is 4.84. The van der Waals surface area contributed by atoms with E-state index in [-0.39, 0.29) is 0 Å².